The molecule has 0 aliphatic heterocycles. The molecule has 7 heteroatoms. The second kappa shape index (κ2) is 5.85. The van der Waals surface area contributed by atoms with E-state index in [4.69, 9.17) is 0 Å². The number of halogens is 2. The zero-order valence-electron chi connectivity index (χ0n) is 9.59. The Morgan fingerprint density at radius 3 is 2.84 bits per heavy atom. The summed E-state index contributed by atoms with van der Waals surface area (Å²) in [4.78, 5) is 19.3. The molecule has 0 saturated carbocycles. The zero-order valence-corrected chi connectivity index (χ0v) is 9.59. The number of amides is 1. The van der Waals surface area contributed by atoms with E-state index in [0.717, 1.165) is 0 Å². The maximum absolute atomic E-state index is 12.1. The largest absolute Gasteiger partial charge is 0.435 e. The minimum atomic E-state index is -2.91. The van der Waals surface area contributed by atoms with Gasteiger partial charge in [-0.3, -0.25) is 9.78 Å². The number of ether oxygens (including phenoxy) is 1. The summed E-state index contributed by atoms with van der Waals surface area (Å²) in [5, 5.41) is 2.51. The van der Waals surface area contributed by atoms with Crippen molar-refractivity contribution in [3.05, 3.63) is 48.5 Å². The van der Waals surface area contributed by atoms with Crippen molar-refractivity contribution < 1.29 is 18.3 Å². The fourth-order valence-electron chi connectivity index (χ4n) is 1.36. The summed E-state index contributed by atoms with van der Waals surface area (Å²) in [6.07, 6.45) is 4.12. The monoisotopic (exact) mass is 265 g/mol. The van der Waals surface area contributed by atoms with Crippen LogP contribution in [0.4, 0.5) is 14.5 Å². The molecule has 98 valence electrons. The summed E-state index contributed by atoms with van der Waals surface area (Å²) in [5.74, 6) is -0.519. The van der Waals surface area contributed by atoms with Crippen LogP contribution in [-0.2, 0) is 0 Å². The number of hydrogen-bond donors (Lipinski definition) is 1. The molecule has 1 aromatic carbocycles. The van der Waals surface area contributed by atoms with E-state index in [2.05, 4.69) is 20.0 Å². The Morgan fingerprint density at radius 2 is 2.16 bits per heavy atom. The third-order valence-corrected chi connectivity index (χ3v) is 2.11. The molecule has 1 heterocycles. The number of carbonyl (C=O) groups excluding carboxylic acids is 1. The van der Waals surface area contributed by atoms with Gasteiger partial charge in [0, 0.05) is 24.1 Å². The van der Waals surface area contributed by atoms with E-state index >= 15 is 0 Å². The minimum Gasteiger partial charge on any atom is -0.435 e. The van der Waals surface area contributed by atoms with Crippen molar-refractivity contribution in [3.63, 3.8) is 0 Å². The van der Waals surface area contributed by atoms with Gasteiger partial charge in [0.25, 0.3) is 5.91 Å². The molecule has 2 aromatic rings. The molecule has 2 rings (SSSR count). The molecule has 0 saturated heterocycles. The molecule has 19 heavy (non-hydrogen) atoms. The van der Waals surface area contributed by atoms with E-state index in [-0.39, 0.29) is 11.4 Å². The minimum absolute atomic E-state index is 0.0352. The van der Waals surface area contributed by atoms with Gasteiger partial charge < -0.3 is 10.1 Å². The quantitative estimate of drug-likeness (QED) is 0.921. The van der Waals surface area contributed by atoms with Crippen LogP contribution in [0.2, 0.25) is 0 Å². The van der Waals surface area contributed by atoms with E-state index < -0.39 is 12.5 Å². The van der Waals surface area contributed by atoms with Gasteiger partial charge in [-0.2, -0.15) is 8.78 Å². The Morgan fingerprint density at radius 1 is 1.32 bits per heavy atom. The lowest BCUT2D eigenvalue weighted by atomic mass is 10.3. The van der Waals surface area contributed by atoms with Crippen molar-refractivity contribution >= 4 is 11.6 Å². The van der Waals surface area contributed by atoms with Gasteiger partial charge in [-0.15, -0.1) is 0 Å². The van der Waals surface area contributed by atoms with Crippen LogP contribution in [-0.4, -0.2) is 22.5 Å². The van der Waals surface area contributed by atoms with E-state index in [1.807, 2.05) is 0 Å². The molecule has 0 bridgehead atoms. The summed E-state index contributed by atoms with van der Waals surface area (Å²) >= 11 is 0. The lowest BCUT2D eigenvalue weighted by molar-refractivity contribution is -0.0497. The van der Waals surface area contributed by atoms with Crippen molar-refractivity contribution in [1.82, 2.24) is 9.97 Å². The number of nitrogens with one attached hydrogen (secondary N) is 1. The van der Waals surface area contributed by atoms with Crippen LogP contribution in [0, 0.1) is 0 Å². The number of aromatic nitrogens is 2. The molecule has 0 aliphatic rings. The first-order valence-corrected chi connectivity index (χ1v) is 5.27. The normalized spacial score (nSPS) is 10.3. The van der Waals surface area contributed by atoms with Crippen molar-refractivity contribution in [1.29, 1.82) is 0 Å². The molecule has 5 nitrogen and oxygen atoms in total. The third-order valence-electron chi connectivity index (χ3n) is 2.11. The summed E-state index contributed by atoms with van der Waals surface area (Å²) in [6.45, 7) is -2.91. The van der Waals surface area contributed by atoms with E-state index in [1.165, 1.54) is 36.8 Å². The van der Waals surface area contributed by atoms with Crippen molar-refractivity contribution in [3.8, 4) is 5.75 Å². The molecule has 0 atom stereocenters. The van der Waals surface area contributed by atoms with Gasteiger partial charge in [0.15, 0.2) is 0 Å². The predicted molar refractivity (Wildman–Crippen MR) is 63.1 cm³/mol. The highest BCUT2D eigenvalue weighted by Gasteiger charge is 2.09. The molecule has 1 aromatic heterocycles. The van der Waals surface area contributed by atoms with Gasteiger partial charge in [-0.1, -0.05) is 6.07 Å². The molecular weight excluding hydrogens is 256 g/mol. The van der Waals surface area contributed by atoms with Crippen LogP contribution in [0.5, 0.6) is 5.75 Å². The highest BCUT2D eigenvalue weighted by molar-refractivity contribution is 6.02. The van der Waals surface area contributed by atoms with Gasteiger partial charge in [0.05, 0.1) is 6.20 Å². The van der Waals surface area contributed by atoms with E-state index in [0.29, 0.717) is 5.69 Å². The van der Waals surface area contributed by atoms with Crippen molar-refractivity contribution in [2.75, 3.05) is 5.32 Å². The predicted octanol–water partition coefficient (Wildman–Crippen LogP) is 2.33. The molecule has 1 N–H and O–H groups in total. The number of rotatable bonds is 4. The van der Waals surface area contributed by atoms with Crippen molar-refractivity contribution in [2.45, 2.75) is 6.61 Å². The second-order valence-corrected chi connectivity index (χ2v) is 3.45. The maximum atomic E-state index is 12.1. The van der Waals surface area contributed by atoms with Crippen molar-refractivity contribution in [2.24, 2.45) is 0 Å². The zero-order chi connectivity index (χ0) is 13.7. The van der Waals surface area contributed by atoms with Crippen LogP contribution in [0.1, 0.15) is 10.5 Å². The Labute approximate surface area is 107 Å². The summed E-state index contributed by atoms with van der Waals surface area (Å²) in [6, 6.07) is 5.70. The van der Waals surface area contributed by atoms with Crippen LogP contribution in [0.3, 0.4) is 0 Å². The molecule has 0 radical (unpaired) electrons. The fraction of sp³-hybridized carbons (Fsp3) is 0.0833. The SMILES string of the molecule is O=C(Nc1cccc(OC(F)F)c1)c1cnccn1. The van der Waals surface area contributed by atoms with E-state index in [1.54, 1.807) is 6.07 Å². The first-order valence-electron chi connectivity index (χ1n) is 5.27. The highest BCUT2D eigenvalue weighted by atomic mass is 19.3. The molecule has 0 unspecified atom stereocenters. The highest BCUT2D eigenvalue weighted by Crippen LogP contribution is 2.19. The lowest BCUT2D eigenvalue weighted by Gasteiger charge is -2.07. The standard InChI is InChI=1S/C12H9F2N3O2/c13-12(14)19-9-3-1-2-8(6-9)17-11(18)10-7-15-4-5-16-10/h1-7,12H,(H,17,18). The number of anilines is 1. The summed E-state index contributed by atoms with van der Waals surface area (Å²) < 4.78 is 28.3. The van der Waals surface area contributed by atoms with Gasteiger partial charge in [-0.05, 0) is 12.1 Å². The molecular formula is C12H9F2N3O2. The van der Waals surface area contributed by atoms with Crippen LogP contribution >= 0.6 is 0 Å². The first-order chi connectivity index (χ1) is 9.15. The Bertz CT molecular complexity index is 564. The molecule has 0 spiro atoms. The number of nitrogens with zero attached hydrogens (tertiary/aromatic N) is 2. The lowest BCUT2D eigenvalue weighted by Crippen LogP contribution is -2.13. The van der Waals surface area contributed by atoms with Crippen LogP contribution in [0.25, 0.3) is 0 Å². The Kier molecular flexibility index (Phi) is 3.97. The maximum Gasteiger partial charge on any atom is 0.387 e. The van der Waals surface area contributed by atoms with E-state index in [9.17, 15) is 13.6 Å². The number of carbonyl (C=O) groups is 1. The molecule has 0 aliphatic carbocycles. The number of hydrogen-bond acceptors (Lipinski definition) is 4. The fourth-order valence-corrected chi connectivity index (χ4v) is 1.36. The number of benzene rings is 1. The smallest absolute Gasteiger partial charge is 0.387 e. The average Bonchev–Trinajstić information content (AvgIpc) is 2.39. The van der Waals surface area contributed by atoms with Crippen LogP contribution < -0.4 is 10.1 Å². The average molecular weight is 265 g/mol. The van der Waals surface area contributed by atoms with Gasteiger partial charge >= 0.3 is 6.61 Å². The van der Waals surface area contributed by atoms with Gasteiger partial charge in [-0.25, -0.2) is 4.98 Å². The van der Waals surface area contributed by atoms with Crippen LogP contribution in [0.15, 0.2) is 42.9 Å². The molecule has 0 fully saturated rings. The van der Waals surface area contributed by atoms with Gasteiger partial charge in [0.1, 0.15) is 11.4 Å². The first kappa shape index (κ1) is 12.9. The molecule has 1 amide bonds. The Hall–Kier alpha value is -2.57. The topological polar surface area (TPSA) is 64.1 Å². The van der Waals surface area contributed by atoms with Gasteiger partial charge in [0.2, 0.25) is 0 Å². The Balaban J connectivity index is 2.09. The third kappa shape index (κ3) is 3.70. The summed E-state index contributed by atoms with van der Waals surface area (Å²) in [5.41, 5.74) is 0.455. The summed E-state index contributed by atoms with van der Waals surface area (Å²) in [7, 11) is 0. The number of alkyl halides is 2. The second-order valence-electron chi connectivity index (χ2n) is 3.45.